The van der Waals surface area contributed by atoms with E-state index < -0.39 is 0 Å². The molecular formula is C22H22N6O. The van der Waals surface area contributed by atoms with Gasteiger partial charge in [0.2, 0.25) is 0 Å². The van der Waals surface area contributed by atoms with Gasteiger partial charge in [-0.1, -0.05) is 24.3 Å². The van der Waals surface area contributed by atoms with Gasteiger partial charge in [-0.05, 0) is 37.4 Å². The molecule has 7 heteroatoms. The summed E-state index contributed by atoms with van der Waals surface area (Å²) >= 11 is 0. The Labute approximate surface area is 168 Å². The second kappa shape index (κ2) is 6.84. The molecular weight excluding hydrogens is 364 g/mol. The number of anilines is 1. The molecule has 3 aromatic heterocycles. The summed E-state index contributed by atoms with van der Waals surface area (Å²) in [7, 11) is 0. The fourth-order valence-electron chi connectivity index (χ4n) is 4.00. The molecule has 1 saturated heterocycles. The normalized spacial score (nSPS) is 14.3. The Morgan fingerprint density at radius 2 is 1.86 bits per heavy atom. The first-order valence-electron chi connectivity index (χ1n) is 9.79. The molecule has 7 nitrogen and oxygen atoms in total. The van der Waals surface area contributed by atoms with Crippen molar-refractivity contribution in [3.8, 4) is 5.82 Å². The van der Waals surface area contributed by atoms with E-state index in [1.165, 1.54) is 5.39 Å². The van der Waals surface area contributed by atoms with Crippen LogP contribution in [-0.4, -0.2) is 37.6 Å². The van der Waals surface area contributed by atoms with Gasteiger partial charge in [0, 0.05) is 42.4 Å². The molecule has 1 aliphatic rings. The molecule has 1 fully saturated rings. The lowest BCUT2D eigenvalue weighted by molar-refractivity contribution is 0.332. The van der Waals surface area contributed by atoms with Crippen LogP contribution in [-0.2, 0) is 6.54 Å². The second-order valence-corrected chi connectivity index (χ2v) is 7.68. The quantitative estimate of drug-likeness (QED) is 0.539. The highest BCUT2D eigenvalue weighted by Crippen LogP contribution is 2.30. The first kappa shape index (κ1) is 17.6. The molecule has 0 amide bonds. The molecule has 0 N–H and O–H groups in total. The summed E-state index contributed by atoms with van der Waals surface area (Å²) < 4.78 is 3.34. The third-order valence-corrected chi connectivity index (χ3v) is 5.42. The van der Waals surface area contributed by atoms with Crippen LogP contribution in [0.3, 0.4) is 0 Å². The summed E-state index contributed by atoms with van der Waals surface area (Å²) in [6, 6.07) is 15.6. The zero-order valence-electron chi connectivity index (χ0n) is 16.5. The maximum Gasteiger partial charge on any atom is 0.266 e. The maximum absolute atomic E-state index is 12.3. The highest BCUT2D eigenvalue weighted by atomic mass is 16.1. The van der Waals surface area contributed by atoms with E-state index in [1.54, 1.807) is 21.5 Å². The van der Waals surface area contributed by atoms with Crippen molar-refractivity contribution in [1.82, 2.24) is 24.5 Å². The summed E-state index contributed by atoms with van der Waals surface area (Å²) in [5.41, 5.74) is 1.84. The van der Waals surface area contributed by atoms with Crippen molar-refractivity contribution in [2.24, 2.45) is 5.92 Å². The summed E-state index contributed by atoms with van der Waals surface area (Å²) in [5, 5.41) is 11.4. The predicted molar refractivity (Wildman–Crippen MR) is 113 cm³/mol. The van der Waals surface area contributed by atoms with Crippen LogP contribution in [0.25, 0.3) is 16.6 Å². The number of pyridine rings is 1. The zero-order chi connectivity index (χ0) is 20.0. The Morgan fingerprint density at radius 1 is 1.03 bits per heavy atom. The van der Waals surface area contributed by atoms with Crippen LogP contribution in [0.1, 0.15) is 11.4 Å². The first-order chi connectivity index (χ1) is 14.1. The van der Waals surface area contributed by atoms with Gasteiger partial charge in [-0.2, -0.15) is 5.10 Å². The molecule has 0 spiro atoms. The lowest BCUT2D eigenvalue weighted by Crippen LogP contribution is -2.50. The number of fused-ring (bicyclic) bond motifs is 1. The Morgan fingerprint density at radius 3 is 2.66 bits per heavy atom. The van der Waals surface area contributed by atoms with Gasteiger partial charge in [0.25, 0.3) is 5.56 Å². The second-order valence-electron chi connectivity index (χ2n) is 7.68. The van der Waals surface area contributed by atoms with Crippen LogP contribution >= 0.6 is 0 Å². The number of hydrogen-bond donors (Lipinski definition) is 0. The number of nitrogens with zero attached hydrogens (tertiary/aromatic N) is 6. The molecule has 0 unspecified atom stereocenters. The molecule has 0 atom stereocenters. The van der Waals surface area contributed by atoms with Crippen molar-refractivity contribution >= 4 is 16.6 Å². The Balaban J connectivity index is 1.34. The van der Waals surface area contributed by atoms with Gasteiger partial charge in [0.15, 0.2) is 5.82 Å². The molecule has 5 rings (SSSR count). The molecule has 0 saturated carbocycles. The maximum atomic E-state index is 12.3. The van der Waals surface area contributed by atoms with Gasteiger partial charge in [-0.3, -0.25) is 4.79 Å². The average molecular weight is 386 g/mol. The standard InChI is InChI=1S/C22H22N6O/c1-15-11-16(2)28(24-15)20-7-8-21(29)27(25-20)14-17-12-26(13-17)22-19-6-4-3-5-18(19)9-10-23-22/h3-11,17H,12-14H2,1-2H3. The van der Waals surface area contributed by atoms with Crippen LogP contribution in [0.15, 0.2) is 59.5 Å². The molecule has 4 aromatic rings. The molecule has 1 aromatic carbocycles. The van der Waals surface area contributed by atoms with E-state index in [2.05, 4.69) is 32.2 Å². The fourth-order valence-corrected chi connectivity index (χ4v) is 4.00. The molecule has 0 radical (unpaired) electrons. The Hall–Kier alpha value is -3.48. The van der Waals surface area contributed by atoms with Crippen LogP contribution in [0.5, 0.6) is 0 Å². The summed E-state index contributed by atoms with van der Waals surface area (Å²) in [5.74, 6) is 2.04. The third kappa shape index (κ3) is 3.18. The van der Waals surface area contributed by atoms with Crippen LogP contribution in [0.2, 0.25) is 0 Å². The van der Waals surface area contributed by atoms with Crippen molar-refractivity contribution in [2.75, 3.05) is 18.0 Å². The zero-order valence-corrected chi connectivity index (χ0v) is 16.5. The molecule has 1 aliphatic heterocycles. The van der Waals surface area contributed by atoms with Crippen molar-refractivity contribution in [3.05, 3.63) is 76.5 Å². The Bertz CT molecular complexity index is 1250. The van der Waals surface area contributed by atoms with E-state index in [0.717, 1.165) is 35.7 Å². The largest absolute Gasteiger partial charge is 0.355 e. The minimum atomic E-state index is -0.0861. The van der Waals surface area contributed by atoms with Gasteiger partial charge in [0.1, 0.15) is 5.82 Å². The molecule has 0 aliphatic carbocycles. The summed E-state index contributed by atoms with van der Waals surface area (Å²) in [6.45, 7) is 6.24. The minimum Gasteiger partial charge on any atom is -0.355 e. The number of rotatable bonds is 4. The van der Waals surface area contributed by atoms with E-state index in [-0.39, 0.29) is 5.56 Å². The van der Waals surface area contributed by atoms with E-state index in [4.69, 9.17) is 0 Å². The van der Waals surface area contributed by atoms with Crippen LogP contribution in [0, 0.1) is 19.8 Å². The van der Waals surface area contributed by atoms with E-state index in [0.29, 0.717) is 18.3 Å². The van der Waals surface area contributed by atoms with Gasteiger partial charge >= 0.3 is 0 Å². The lowest BCUT2D eigenvalue weighted by Gasteiger charge is -2.40. The highest BCUT2D eigenvalue weighted by molar-refractivity contribution is 5.92. The smallest absolute Gasteiger partial charge is 0.266 e. The number of aryl methyl sites for hydroxylation is 2. The molecule has 0 bridgehead atoms. The fraction of sp³-hybridized carbons (Fsp3) is 0.273. The van der Waals surface area contributed by atoms with E-state index in [1.807, 2.05) is 44.3 Å². The van der Waals surface area contributed by atoms with E-state index in [9.17, 15) is 4.79 Å². The van der Waals surface area contributed by atoms with Crippen molar-refractivity contribution in [3.63, 3.8) is 0 Å². The Kier molecular flexibility index (Phi) is 4.16. The summed E-state index contributed by atoms with van der Waals surface area (Å²) in [4.78, 5) is 19.2. The van der Waals surface area contributed by atoms with Gasteiger partial charge in [-0.25, -0.2) is 14.3 Å². The number of hydrogen-bond acceptors (Lipinski definition) is 5. The first-order valence-corrected chi connectivity index (χ1v) is 9.79. The summed E-state index contributed by atoms with van der Waals surface area (Å²) in [6.07, 6.45) is 1.86. The number of aromatic nitrogens is 5. The molecule has 4 heterocycles. The van der Waals surface area contributed by atoms with E-state index >= 15 is 0 Å². The van der Waals surface area contributed by atoms with Crippen molar-refractivity contribution < 1.29 is 0 Å². The average Bonchev–Trinajstić information content (AvgIpc) is 3.03. The highest BCUT2D eigenvalue weighted by Gasteiger charge is 2.29. The van der Waals surface area contributed by atoms with Crippen molar-refractivity contribution in [2.45, 2.75) is 20.4 Å². The van der Waals surface area contributed by atoms with Crippen LogP contribution < -0.4 is 10.5 Å². The third-order valence-electron chi connectivity index (χ3n) is 5.42. The van der Waals surface area contributed by atoms with Crippen molar-refractivity contribution in [1.29, 1.82) is 0 Å². The topological polar surface area (TPSA) is 68.8 Å². The van der Waals surface area contributed by atoms with Gasteiger partial charge in [-0.15, -0.1) is 5.10 Å². The van der Waals surface area contributed by atoms with Gasteiger partial charge < -0.3 is 4.90 Å². The number of benzene rings is 1. The molecule has 29 heavy (non-hydrogen) atoms. The predicted octanol–water partition coefficient (Wildman–Crippen LogP) is 2.73. The monoisotopic (exact) mass is 386 g/mol. The van der Waals surface area contributed by atoms with Gasteiger partial charge in [0.05, 0.1) is 12.2 Å². The lowest BCUT2D eigenvalue weighted by atomic mass is 9.99. The minimum absolute atomic E-state index is 0.0861. The molecule has 146 valence electrons. The SMILES string of the molecule is Cc1cc(C)n(-c2ccc(=O)n(CC3CN(c4nccc5ccccc45)C3)n2)n1. The van der Waals surface area contributed by atoms with Crippen LogP contribution in [0.4, 0.5) is 5.82 Å².